The minimum Gasteiger partial charge on any atom is -0.493 e. The van der Waals surface area contributed by atoms with Crippen LogP contribution in [0.1, 0.15) is 18.1 Å². The van der Waals surface area contributed by atoms with Gasteiger partial charge < -0.3 is 19.5 Å². The highest BCUT2D eigenvalue weighted by atomic mass is 16.5. The van der Waals surface area contributed by atoms with Crippen molar-refractivity contribution in [1.82, 2.24) is 5.32 Å². The Morgan fingerprint density at radius 2 is 1.90 bits per heavy atom. The Bertz CT molecular complexity index is 551. The van der Waals surface area contributed by atoms with E-state index in [-0.39, 0.29) is 12.0 Å². The Morgan fingerprint density at radius 3 is 2.50 bits per heavy atom. The van der Waals surface area contributed by atoms with Crippen molar-refractivity contribution < 1.29 is 19.0 Å². The number of hydrogen-bond acceptors (Lipinski definition) is 5. The zero-order valence-electron chi connectivity index (χ0n) is 12.1. The number of fused-ring (bicyclic) bond motifs is 1. The smallest absolute Gasteiger partial charge is 0.332 e. The summed E-state index contributed by atoms with van der Waals surface area (Å²) in [5.41, 5.74) is 2.79. The van der Waals surface area contributed by atoms with E-state index in [0.717, 1.165) is 23.2 Å². The van der Waals surface area contributed by atoms with Gasteiger partial charge in [-0.25, -0.2) is 4.79 Å². The fourth-order valence-corrected chi connectivity index (χ4v) is 2.36. The summed E-state index contributed by atoms with van der Waals surface area (Å²) in [5, 5.41) is 3.29. The molecule has 5 heteroatoms. The van der Waals surface area contributed by atoms with E-state index >= 15 is 0 Å². The van der Waals surface area contributed by atoms with Gasteiger partial charge in [0.2, 0.25) is 0 Å². The summed E-state index contributed by atoms with van der Waals surface area (Å²) in [4.78, 5) is 11.5. The average Bonchev–Trinajstić information content (AvgIpc) is 2.45. The third-order valence-corrected chi connectivity index (χ3v) is 3.29. The van der Waals surface area contributed by atoms with Crippen LogP contribution in [0, 0.1) is 0 Å². The molecule has 20 heavy (non-hydrogen) atoms. The molecule has 1 heterocycles. The van der Waals surface area contributed by atoms with Crippen LogP contribution in [0.2, 0.25) is 0 Å². The standard InChI is InChI=1S/C15H19NO4/c1-9-5-10-6-13(18-2)14(19-3)7-11(10)12(16-9)8-15(17)20-4/h6-9,16H,5H2,1-4H3/t9-/m0/s1. The number of esters is 1. The Balaban J connectivity index is 2.53. The second kappa shape index (κ2) is 5.86. The van der Waals surface area contributed by atoms with Crippen LogP contribution < -0.4 is 14.8 Å². The van der Waals surface area contributed by atoms with Crippen LogP contribution in [-0.2, 0) is 16.0 Å². The Morgan fingerprint density at radius 1 is 1.25 bits per heavy atom. The van der Waals surface area contributed by atoms with Gasteiger partial charge in [0.05, 0.1) is 21.3 Å². The molecule has 0 aromatic heterocycles. The molecule has 0 unspecified atom stereocenters. The van der Waals surface area contributed by atoms with Gasteiger partial charge in [-0.05, 0) is 31.0 Å². The third kappa shape index (κ3) is 2.71. The second-order valence-corrected chi connectivity index (χ2v) is 4.70. The SMILES string of the molecule is COC(=O)C=C1N[C@@H](C)Cc2cc(OC)c(OC)cc21. The van der Waals surface area contributed by atoms with Crippen LogP contribution in [-0.4, -0.2) is 33.3 Å². The molecule has 0 radical (unpaired) electrons. The predicted octanol–water partition coefficient (Wildman–Crippen LogP) is 1.75. The molecule has 1 N–H and O–H groups in total. The van der Waals surface area contributed by atoms with Crippen molar-refractivity contribution in [3.8, 4) is 11.5 Å². The first-order valence-corrected chi connectivity index (χ1v) is 6.40. The van der Waals surface area contributed by atoms with Crippen molar-refractivity contribution in [2.45, 2.75) is 19.4 Å². The number of rotatable bonds is 3. The summed E-state index contributed by atoms with van der Waals surface area (Å²) in [6, 6.07) is 4.06. The first-order valence-electron chi connectivity index (χ1n) is 6.40. The van der Waals surface area contributed by atoms with E-state index in [4.69, 9.17) is 14.2 Å². The average molecular weight is 277 g/mol. The van der Waals surface area contributed by atoms with Crippen molar-refractivity contribution in [3.63, 3.8) is 0 Å². The number of carbonyl (C=O) groups excluding carboxylic acids is 1. The third-order valence-electron chi connectivity index (χ3n) is 3.29. The zero-order chi connectivity index (χ0) is 14.7. The van der Waals surface area contributed by atoms with Crippen molar-refractivity contribution >= 4 is 11.7 Å². The Kier molecular flexibility index (Phi) is 4.17. The van der Waals surface area contributed by atoms with E-state index in [9.17, 15) is 4.79 Å². The van der Waals surface area contributed by atoms with Crippen molar-refractivity contribution in [2.75, 3.05) is 21.3 Å². The Hall–Kier alpha value is -2.17. The first kappa shape index (κ1) is 14.2. The maximum absolute atomic E-state index is 11.5. The monoisotopic (exact) mass is 277 g/mol. The highest BCUT2D eigenvalue weighted by molar-refractivity contribution is 5.92. The molecule has 0 saturated heterocycles. The van der Waals surface area contributed by atoms with Gasteiger partial charge in [-0.2, -0.15) is 0 Å². The molecule has 0 fully saturated rings. The molecule has 2 rings (SSSR count). The molecule has 1 aliphatic heterocycles. The maximum Gasteiger partial charge on any atom is 0.332 e. The lowest BCUT2D eigenvalue weighted by Crippen LogP contribution is -2.32. The van der Waals surface area contributed by atoms with E-state index in [0.29, 0.717) is 11.5 Å². The van der Waals surface area contributed by atoms with Crippen LogP contribution >= 0.6 is 0 Å². The van der Waals surface area contributed by atoms with Gasteiger partial charge in [0.1, 0.15) is 0 Å². The van der Waals surface area contributed by atoms with E-state index in [1.807, 2.05) is 12.1 Å². The molecule has 0 amide bonds. The van der Waals surface area contributed by atoms with Crippen LogP contribution in [0.25, 0.3) is 5.70 Å². The van der Waals surface area contributed by atoms with Crippen molar-refractivity contribution in [3.05, 3.63) is 29.3 Å². The van der Waals surface area contributed by atoms with Gasteiger partial charge in [-0.1, -0.05) is 0 Å². The fraction of sp³-hybridized carbons (Fsp3) is 0.400. The van der Waals surface area contributed by atoms with Crippen molar-refractivity contribution in [2.24, 2.45) is 0 Å². The number of methoxy groups -OCH3 is 3. The molecule has 0 saturated carbocycles. The second-order valence-electron chi connectivity index (χ2n) is 4.70. The van der Waals surface area contributed by atoms with E-state index in [1.165, 1.54) is 13.2 Å². The molecule has 1 atom stereocenters. The number of ether oxygens (including phenoxy) is 3. The normalized spacial score (nSPS) is 19.0. The number of benzene rings is 1. The summed E-state index contributed by atoms with van der Waals surface area (Å²) in [6.45, 7) is 2.06. The molecule has 0 aliphatic carbocycles. The number of nitrogens with one attached hydrogen (secondary N) is 1. The molecule has 1 aromatic carbocycles. The topological polar surface area (TPSA) is 56.8 Å². The fourth-order valence-electron chi connectivity index (χ4n) is 2.36. The van der Waals surface area contributed by atoms with Gasteiger partial charge >= 0.3 is 5.97 Å². The molecular formula is C15H19NO4. The highest BCUT2D eigenvalue weighted by Crippen LogP contribution is 2.35. The summed E-state index contributed by atoms with van der Waals surface area (Å²) in [5.74, 6) is 0.943. The highest BCUT2D eigenvalue weighted by Gasteiger charge is 2.22. The number of carbonyl (C=O) groups is 1. The largest absolute Gasteiger partial charge is 0.493 e. The minimum atomic E-state index is -0.387. The van der Waals surface area contributed by atoms with Crippen LogP contribution in [0.5, 0.6) is 11.5 Å². The van der Waals surface area contributed by atoms with Crippen LogP contribution in [0.4, 0.5) is 0 Å². The van der Waals surface area contributed by atoms with E-state index < -0.39 is 0 Å². The number of hydrogen-bond donors (Lipinski definition) is 1. The van der Waals surface area contributed by atoms with Gasteiger partial charge in [0.25, 0.3) is 0 Å². The maximum atomic E-state index is 11.5. The molecule has 108 valence electrons. The first-order chi connectivity index (χ1) is 9.58. The van der Waals surface area contributed by atoms with E-state index in [1.54, 1.807) is 14.2 Å². The lowest BCUT2D eigenvalue weighted by molar-refractivity contribution is -0.134. The minimum absolute atomic E-state index is 0.233. The molecule has 1 aromatic rings. The lowest BCUT2D eigenvalue weighted by atomic mass is 9.93. The molecular weight excluding hydrogens is 258 g/mol. The van der Waals surface area contributed by atoms with Gasteiger partial charge in [-0.15, -0.1) is 0 Å². The molecule has 0 bridgehead atoms. The summed E-state index contributed by atoms with van der Waals surface area (Å²) < 4.78 is 15.3. The zero-order valence-corrected chi connectivity index (χ0v) is 12.1. The van der Waals surface area contributed by atoms with Gasteiger partial charge in [-0.3, -0.25) is 0 Å². The predicted molar refractivity (Wildman–Crippen MR) is 75.8 cm³/mol. The van der Waals surface area contributed by atoms with Gasteiger partial charge in [0, 0.05) is 23.4 Å². The van der Waals surface area contributed by atoms with E-state index in [2.05, 4.69) is 12.2 Å². The summed E-state index contributed by atoms with van der Waals surface area (Å²) >= 11 is 0. The van der Waals surface area contributed by atoms with Crippen molar-refractivity contribution in [1.29, 1.82) is 0 Å². The molecule has 0 spiro atoms. The Labute approximate surface area is 118 Å². The van der Waals surface area contributed by atoms with Crippen LogP contribution in [0.3, 0.4) is 0 Å². The van der Waals surface area contributed by atoms with Crippen LogP contribution in [0.15, 0.2) is 18.2 Å². The summed E-state index contributed by atoms with van der Waals surface area (Å²) in [7, 11) is 4.56. The summed E-state index contributed by atoms with van der Waals surface area (Å²) in [6.07, 6.45) is 2.31. The quantitative estimate of drug-likeness (QED) is 0.674. The lowest BCUT2D eigenvalue weighted by Gasteiger charge is -2.27. The molecule has 1 aliphatic rings. The molecule has 5 nitrogen and oxygen atoms in total. The van der Waals surface area contributed by atoms with Gasteiger partial charge in [0.15, 0.2) is 11.5 Å².